The molecule has 0 unspecified atom stereocenters. The lowest BCUT2D eigenvalue weighted by molar-refractivity contribution is -0.387. The Labute approximate surface area is 434 Å². The second kappa shape index (κ2) is 20.2. The highest BCUT2D eigenvalue weighted by atomic mass is 32.2. The van der Waals surface area contributed by atoms with Crippen LogP contribution in [-0.4, -0.2) is 75.8 Å². The molecule has 1 aliphatic heterocycles. The van der Waals surface area contributed by atoms with E-state index in [-0.39, 0.29) is 39.5 Å². The van der Waals surface area contributed by atoms with Crippen LogP contribution in [0.5, 0.6) is 23.0 Å². The summed E-state index contributed by atoms with van der Waals surface area (Å²) in [6.45, 7) is 5.83. The van der Waals surface area contributed by atoms with Crippen molar-refractivity contribution in [3.05, 3.63) is 187 Å². The SMILES string of the molecule is COc1c(O[Si](c2ccccc2)(c2ccccc2)C(C)(C)C)cc([C@H]2Oc3cc(-c4cccc(S(=O)(=O)O)c4[N+](=O)[O-])cc(-c4cccc(S(=O)(=O)O)c4[N+](=O)[O-])c3C[C@H]2O)cc1OS(=O)(=O)c1ccccc1[N+](=O)[O-]. The maximum Gasteiger partial charge on any atom is 0.346 e. The van der Waals surface area contributed by atoms with Gasteiger partial charge in [0.25, 0.3) is 17.1 Å². The van der Waals surface area contributed by atoms with Crippen molar-refractivity contribution >= 4 is 66.1 Å². The van der Waals surface area contributed by atoms with Crippen LogP contribution in [-0.2, 0) is 36.8 Å². The lowest BCUT2D eigenvalue weighted by Crippen LogP contribution is -2.68. The molecule has 76 heavy (non-hydrogen) atoms. The number of nitro benzene ring substituents is 3. The van der Waals surface area contributed by atoms with Gasteiger partial charge in [0.15, 0.2) is 32.3 Å². The van der Waals surface area contributed by atoms with Crippen LogP contribution in [0.3, 0.4) is 0 Å². The third kappa shape index (κ3) is 10.1. The number of nitrogens with zero attached hydrogens (tertiary/aromatic N) is 3. The molecule has 0 spiro atoms. The molecule has 0 saturated carbocycles. The number of para-hydroxylation sites is 3. The van der Waals surface area contributed by atoms with Crippen LogP contribution in [0, 0.1) is 30.3 Å². The molecule has 1 aliphatic rings. The van der Waals surface area contributed by atoms with Crippen molar-refractivity contribution in [2.75, 3.05) is 7.11 Å². The van der Waals surface area contributed by atoms with Crippen molar-refractivity contribution < 1.29 is 72.3 Å². The molecule has 22 nitrogen and oxygen atoms in total. The molecule has 2 atom stereocenters. The van der Waals surface area contributed by atoms with Gasteiger partial charge in [0.1, 0.15) is 5.75 Å². The third-order valence-electron chi connectivity index (χ3n) is 12.5. The fourth-order valence-electron chi connectivity index (χ4n) is 9.36. The van der Waals surface area contributed by atoms with Gasteiger partial charge in [0, 0.05) is 23.6 Å². The average molecular weight is 1110 g/mol. The first-order chi connectivity index (χ1) is 35.7. The van der Waals surface area contributed by atoms with Crippen LogP contribution in [0.15, 0.2) is 160 Å². The number of nitro groups is 3. The molecule has 26 heteroatoms. The van der Waals surface area contributed by atoms with E-state index in [0.29, 0.717) is 0 Å². The van der Waals surface area contributed by atoms with Gasteiger partial charge in [-0.1, -0.05) is 106 Å². The molecular formula is C50H43N3O19S3Si. The number of aliphatic hydroxyl groups is 1. The molecule has 7 aromatic rings. The molecule has 1 heterocycles. The highest BCUT2D eigenvalue weighted by Gasteiger charge is 2.53. The van der Waals surface area contributed by atoms with Gasteiger partial charge in [0.2, 0.25) is 5.75 Å². The number of rotatable bonds is 16. The second-order valence-electron chi connectivity index (χ2n) is 18.2. The first kappa shape index (κ1) is 54.2. The Hall–Kier alpha value is -8.11. The van der Waals surface area contributed by atoms with Crippen LogP contribution >= 0.6 is 0 Å². The van der Waals surface area contributed by atoms with Crippen molar-refractivity contribution in [2.45, 2.75) is 59.1 Å². The first-order valence-corrected chi connectivity index (χ1v) is 28.6. The Morgan fingerprint density at radius 3 is 1.63 bits per heavy atom. The van der Waals surface area contributed by atoms with Crippen molar-refractivity contribution in [3.63, 3.8) is 0 Å². The Bertz CT molecular complexity index is 3800. The standard InChI is InChI=1S/C50H43N3O19S3Si/c1-50(2,3)76(32-15-7-5-8-16-32,33-17-9-6-10-18-33)72-42-28-31(27-41(49(42)69-4)71-75(67,68)43-22-12-11-21-38(43)51(55)56)48-39(54)29-37-36(35-20-14-24-45(74(64,65)66)47(35)53(59)60)25-30(26-40(37)70-48)34-19-13-23-44(73(61,62)63)46(34)52(57)58/h5-28,39,48,54H,29H2,1-4H3,(H,61,62,63)(H,64,65,66)/t39-,48-/m1/s1. The number of methoxy groups -OCH3 is 1. The lowest BCUT2D eigenvalue weighted by Gasteiger charge is -2.43. The van der Waals surface area contributed by atoms with E-state index in [2.05, 4.69) is 0 Å². The smallest absolute Gasteiger partial charge is 0.346 e. The Kier molecular flexibility index (Phi) is 14.4. The lowest BCUT2D eigenvalue weighted by atomic mass is 9.86. The maximum atomic E-state index is 14.3. The van der Waals surface area contributed by atoms with E-state index < -0.39 is 126 Å². The predicted octanol–water partition coefficient (Wildman–Crippen LogP) is 7.99. The summed E-state index contributed by atoms with van der Waals surface area (Å²) in [5.74, 6) is -1.42. The summed E-state index contributed by atoms with van der Waals surface area (Å²) < 4.78 is 125. The molecule has 8 rings (SSSR count). The first-order valence-electron chi connectivity index (χ1n) is 22.4. The van der Waals surface area contributed by atoms with E-state index in [0.717, 1.165) is 77.1 Å². The zero-order chi connectivity index (χ0) is 55.3. The number of aliphatic hydroxyl groups excluding tert-OH is 1. The van der Waals surface area contributed by atoms with E-state index in [1.807, 2.05) is 69.3 Å². The van der Waals surface area contributed by atoms with Gasteiger partial charge in [-0.2, -0.15) is 25.3 Å². The van der Waals surface area contributed by atoms with Crippen LogP contribution < -0.4 is 28.5 Å². The summed E-state index contributed by atoms with van der Waals surface area (Å²) in [5, 5.41) is 50.5. The molecule has 7 aromatic carbocycles. The number of ether oxygens (including phenoxy) is 2. The van der Waals surface area contributed by atoms with Crippen molar-refractivity contribution in [3.8, 4) is 45.3 Å². The number of fused-ring (bicyclic) bond motifs is 1. The number of benzene rings is 7. The maximum absolute atomic E-state index is 14.3. The summed E-state index contributed by atoms with van der Waals surface area (Å²) in [5.41, 5.74) is -4.92. The van der Waals surface area contributed by atoms with E-state index in [1.54, 1.807) is 12.1 Å². The van der Waals surface area contributed by atoms with Crippen LogP contribution in [0.4, 0.5) is 17.1 Å². The van der Waals surface area contributed by atoms with Crippen LogP contribution in [0.1, 0.15) is 38.0 Å². The minimum atomic E-state index is -5.31. The molecule has 0 aromatic heterocycles. The molecule has 0 aliphatic carbocycles. The summed E-state index contributed by atoms with van der Waals surface area (Å²) in [4.78, 5) is 31.3. The molecule has 0 fully saturated rings. The van der Waals surface area contributed by atoms with Gasteiger partial charge in [-0.05, 0) is 81.1 Å². The summed E-state index contributed by atoms with van der Waals surface area (Å²) in [7, 11) is -18.3. The summed E-state index contributed by atoms with van der Waals surface area (Å²) in [6.07, 6.45) is -3.90. The minimum Gasteiger partial charge on any atom is -0.531 e. The van der Waals surface area contributed by atoms with Gasteiger partial charge in [-0.15, -0.1) is 0 Å². The number of hydrogen-bond donors (Lipinski definition) is 3. The van der Waals surface area contributed by atoms with Gasteiger partial charge in [-0.3, -0.25) is 39.4 Å². The summed E-state index contributed by atoms with van der Waals surface area (Å²) >= 11 is 0. The highest BCUT2D eigenvalue weighted by Crippen LogP contribution is 2.51. The van der Waals surface area contributed by atoms with Gasteiger partial charge >= 0.3 is 38.7 Å². The third-order valence-corrected chi connectivity index (χ3v) is 20.5. The molecule has 0 saturated heterocycles. The van der Waals surface area contributed by atoms with Crippen molar-refractivity contribution in [2.24, 2.45) is 0 Å². The highest BCUT2D eigenvalue weighted by molar-refractivity contribution is 7.87. The predicted molar refractivity (Wildman–Crippen MR) is 275 cm³/mol. The average Bonchev–Trinajstić information content (AvgIpc) is 3.41. The zero-order valence-electron chi connectivity index (χ0n) is 40.2. The molecule has 394 valence electrons. The Balaban J connectivity index is 1.42. The van der Waals surface area contributed by atoms with Gasteiger partial charge in [0.05, 0.1) is 39.1 Å². The molecule has 0 amide bonds. The fourth-order valence-corrected chi connectivity index (χ4v) is 16.2. The summed E-state index contributed by atoms with van der Waals surface area (Å²) in [6, 6.07) is 33.3. The minimum absolute atomic E-state index is 0.0792. The molecular weight excluding hydrogens is 1070 g/mol. The van der Waals surface area contributed by atoms with E-state index in [9.17, 15) is 69.8 Å². The fraction of sp³-hybridized carbons (Fsp3) is 0.160. The van der Waals surface area contributed by atoms with Crippen LogP contribution in [0.25, 0.3) is 22.3 Å². The topological polar surface area (TPSA) is 329 Å². The quantitative estimate of drug-likeness (QED) is 0.0271. The monoisotopic (exact) mass is 1110 g/mol. The Morgan fingerprint density at radius 2 is 1.12 bits per heavy atom. The Morgan fingerprint density at radius 1 is 0.618 bits per heavy atom. The second-order valence-corrected chi connectivity index (χ2v) is 26.7. The zero-order valence-corrected chi connectivity index (χ0v) is 43.6. The van der Waals surface area contributed by atoms with Crippen molar-refractivity contribution in [1.82, 2.24) is 0 Å². The van der Waals surface area contributed by atoms with Crippen LogP contribution in [0.2, 0.25) is 5.04 Å². The normalized spacial score (nSPS) is 14.9. The largest absolute Gasteiger partial charge is 0.531 e. The van der Waals surface area contributed by atoms with Crippen molar-refractivity contribution in [1.29, 1.82) is 0 Å². The molecule has 3 N–H and O–H groups in total. The molecule has 0 radical (unpaired) electrons. The van der Waals surface area contributed by atoms with E-state index >= 15 is 0 Å². The number of hydrogen-bond acceptors (Lipinski definition) is 17. The van der Waals surface area contributed by atoms with E-state index in [4.69, 9.17) is 18.1 Å². The van der Waals surface area contributed by atoms with E-state index in [1.165, 1.54) is 25.3 Å². The van der Waals surface area contributed by atoms with Gasteiger partial charge in [-0.25, -0.2) is 0 Å². The van der Waals surface area contributed by atoms with Gasteiger partial charge < -0.3 is 23.2 Å². The molecule has 0 bridgehead atoms.